The molecule has 1 heterocycles. The molecule has 0 atom stereocenters. The molecule has 0 unspecified atom stereocenters. The summed E-state index contributed by atoms with van der Waals surface area (Å²) >= 11 is 0. The summed E-state index contributed by atoms with van der Waals surface area (Å²) in [6.45, 7) is 0.790. The first-order valence-electron chi connectivity index (χ1n) is 3.48. The minimum Gasteiger partial charge on any atom is -0.477 e. The van der Waals surface area contributed by atoms with Gasteiger partial charge in [-0.15, -0.1) is 0 Å². The topological polar surface area (TPSA) is 49.3 Å². The number of carbonyl (C=O) groups is 1. The van der Waals surface area contributed by atoms with Gasteiger partial charge < -0.3 is 10.4 Å². The molecule has 1 aliphatic heterocycles. The van der Waals surface area contributed by atoms with Crippen LogP contribution in [-0.2, 0) is 4.79 Å². The number of carboxylic acids is 1. The highest BCUT2D eigenvalue weighted by atomic mass is 16.4. The lowest BCUT2D eigenvalue weighted by Crippen LogP contribution is -2.19. The van der Waals surface area contributed by atoms with Crippen molar-refractivity contribution < 1.29 is 9.90 Å². The maximum atomic E-state index is 10.4. The van der Waals surface area contributed by atoms with E-state index in [1.165, 1.54) is 0 Å². The number of carboxylic acid groups (broad SMARTS) is 1. The van der Waals surface area contributed by atoms with Crippen LogP contribution < -0.4 is 5.32 Å². The second-order valence-electron chi connectivity index (χ2n) is 2.35. The number of hydrogen-bond acceptors (Lipinski definition) is 2. The smallest absolute Gasteiger partial charge is 0.351 e. The minimum absolute atomic E-state index is 0.359. The summed E-state index contributed by atoms with van der Waals surface area (Å²) in [6.07, 6.45) is 4.78. The van der Waals surface area contributed by atoms with Crippen molar-refractivity contribution in [2.24, 2.45) is 0 Å². The molecule has 0 bridgehead atoms. The zero-order valence-electron chi connectivity index (χ0n) is 5.76. The highest BCUT2D eigenvalue weighted by Gasteiger charge is 2.07. The van der Waals surface area contributed by atoms with Gasteiger partial charge in [0.1, 0.15) is 5.70 Å². The third-order valence-corrected chi connectivity index (χ3v) is 1.53. The average Bonchev–Trinajstić information content (AvgIpc) is 2.12. The number of hydrogen-bond donors (Lipinski definition) is 2. The molecule has 0 aromatic rings. The van der Waals surface area contributed by atoms with Crippen LogP contribution in [0.5, 0.6) is 0 Å². The largest absolute Gasteiger partial charge is 0.477 e. The van der Waals surface area contributed by atoms with E-state index in [0.717, 1.165) is 25.8 Å². The van der Waals surface area contributed by atoms with Gasteiger partial charge >= 0.3 is 5.97 Å². The van der Waals surface area contributed by atoms with Crippen molar-refractivity contribution in [2.75, 3.05) is 6.54 Å². The molecule has 1 rings (SSSR count). The van der Waals surface area contributed by atoms with Gasteiger partial charge in [0, 0.05) is 6.54 Å². The molecule has 1 aliphatic rings. The van der Waals surface area contributed by atoms with Gasteiger partial charge in [-0.3, -0.25) is 0 Å². The summed E-state index contributed by atoms with van der Waals surface area (Å²) in [5.74, 6) is -0.845. The van der Waals surface area contributed by atoms with Gasteiger partial charge in [-0.1, -0.05) is 6.08 Å². The summed E-state index contributed by atoms with van der Waals surface area (Å²) in [6, 6.07) is 0. The molecule has 0 saturated heterocycles. The minimum atomic E-state index is -0.845. The lowest BCUT2D eigenvalue weighted by Gasteiger charge is -2.00. The number of aliphatic carboxylic acids is 1. The van der Waals surface area contributed by atoms with Crippen LogP contribution in [0.4, 0.5) is 0 Å². The maximum absolute atomic E-state index is 10.4. The second-order valence-corrected chi connectivity index (χ2v) is 2.35. The number of allylic oxidation sites excluding steroid dienone is 1. The molecule has 56 valence electrons. The van der Waals surface area contributed by atoms with Crippen LogP contribution >= 0.6 is 0 Å². The van der Waals surface area contributed by atoms with Crippen molar-refractivity contribution in [2.45, 2.75) is 19.3 Å². The average molecular weight is 141 g/mol. The molecular formula is C7H11NO2. The van der Waals surface area contributed by atoms with Crippen molar-refractivity contribution >= 4 is 5.97 Å². The van der Waals surface area contributed by atoms with Crippen LogP contribution in [0.15, 0.2) is 11.8 Å². The van der Waals surface area contributed by atoms with Gasteiger partial charge in [0.2, 0.25) is 0 Å². The summed E-state index contributed by atoms with van der Waals surface area (Å²) in [5, 5.41) is 11.4. The molecule has 3 nitrogen and oxygen atoms in total. The van der Waals surface area contributed by atoms with Gasteiger partial charge in [0.15, 0.2) is 0 Å². The van der Waals surface area contributed by atoms with Crippen LogP contribution in [0.2, 0.25) is 0 Å². The molecule has 0 spiro atoms. The molecule has 0 amide bonds. The van der Waals surface area contributed by atoms with Crippen molar-refractivity contribution in [1.82, 2.24) is 5.32 Å². The third-order valence-electron chi connectivity index (χ3n) is 1.53. The SMILES string of the molecule is O=C(O)C1=CCCCCN1. The fourth-order valence-electron chi connectivity index (χ4n) is 0.974. The molecule has 0 saturated carbocycles. The van der Waals surface area contributed by atoms with Gasteiger partial charge in [-0.2, -0.15) is 0 Å². The summed E-state index contributed by atoms with van der Waals surface area (Å²) in [5.41, 5.74) is 0.359. The number of rotatable bonds is 1. The fourth-order valence-corrected chi connectivity index (χ4v) is 0.974. The van der Waals surface area contributed by atoms with E-state index in [1.54, 1.807) is 6.08 Å². The zero-order valence-corrected chi connectivity index (χ0v) is 5.76. The van der Waals surface area contributed by atoms with E-state index in [1.807, 2.05) is 0 Å². The lowest BCUT2D eigenvalue weighted by atomic mass is 10.2. The van der Waals surface area contributed by atoms with Crippen LogP contribution in [0, 0.1) is 0 Å². The lowest BCUT2D eigenvalue weighted by molar-refractivity contribution is -0.133. The number of nitrogens with one attached hydrogen (secondary N) is 1. The zero-order chi connectivity index (χ0) is 7.40. The van der Waals surface area contributed by atoms with Crippen LogP contribution in [0.25, 0.3) is 0 Å². The summed E-state index contributed by atoms with van der Waals surface area (Å²) in [7, 11) is 0. The van der Waals surface area contributed by atoms with Crippen LogP contribution in [0.1, 0.15) is 19.3 Å². The molecular weight excluding hydrogens is 130 g/mol. The summed E-state index contributed by atoms with van der Waals surface area (Å²) in [4.78, 5) is 10.4. The Hall–Kier alpha value is -0.990. The predicted molar refractivity (Wildman–Crippen MR) is 37.6 cm³/mol. The Labute approximate surface area is 59.7 Å². The van der Waals surface area contributed by atoms with Crippen LogP contribution in [-0.4, -0.2) is 17.6 Å². The molecule has 3 heteroatoms. The highest BCUT2D eigenvalue weighted by molar-refractivity contribution is 5.85. The quantitative estimate of drug-likeness (QED) is 0.566. The molecule has 0 radical (unpaired) electrons. The van der Waals surface area contributed by atoms with Gasteiger partial charge in [-0.25, -0.2) is 4.79 Å². The fraction of sp³-hybridized carbons (Fsp3) is 0.571. The van der Waals surface area contributed by atoms with E-state index in [-0.39, 0.29) is 0 Å². The van der Waals surface area contributed by atoms with Crippen molar-refractivity contribution in [3.05, 3.63) is 11.8 Å². The Morgan fingerprint density at radius 1 is 1.60 bits per heavy atom. The molecule has 0 aliphatic carbocycles. The monoisotopic (exact) mass is 141 g/mol. The van der Waals surface area contributed by atoms with Gasteiger partial charge in [0.25, 0.3) is 0 Å². The van der Waals surface area contributed by atoms with E-state index in [0.29, 0.717) is 5.70 Å². The molecule has 0 fully saturated rings. The van der Waals surface area contributed by atoms with E-state index in [9.17, 15) is 4.79 Å². The van der Waals surface area contributed by atoms with Gasteiger partial charge in [-0.05, 0) is 19.3 Å². The van der Waals surface area contributed by atoms with Crippen LogP contribution in [0.3, 0.4) is 0 Å². The Morgan fingerprint density at radius 3 is 3.10 bits per heavy atom. The van der Waals surface area contributed by atoms with E-state index in [4.69, 9.17) is 5.11 Å². The Kier molecular flexibility index (Phi) is 2.31. The van der Waals surface area contributed by atoms with Gasteiger partial charge in [0.05, 0.1) is 0 Å². The van der Waals surface area contributed by atoms with E-state index < -0.39 is 5.97 Å². The Balaban J connectivity index is 2.54. The molecule has 0 aromatic heterocycles. The van der Waals surface area contributed by atoms with Crippen molar-refractivity contribution in [3.63, 3.8) is 0 Å². The maximum Gasteiger partial charge on any atom is 0.351 e. The molecule has 10 heavy (non-hydrogen) atoms. The molecule has 0 aromatic carbocycles. The highest BCUT2D eigenvalue weighted by Crippen LogP contribution is 2.04. The Morgan fingerprint density at radius 2 is 2.40 bits per heavy atom. The predicted octanol–water partition coefficient (Wildman–Crippen LogP) is 0.728. The van der Waals surface area contributed by atoms with E-state index in [2.05, 4.69) is 5.32 Å². The third kappa shape index (κ3) is 1.76. The van der Waals surface area contributed by atoms with Crippen molar-refractivity contribution in [1.29, 1.82) is 0 Å². The standard InChI is InChI=1S/C7H11NO2/c9-7(10)6-4-2-1-3-5-8-6/h4,8H,1-3,5H2,(H,9,10). The second kappa shape index (κ2) is 3.25. The summed E-state index contributed by atoms with van der Waals surface area (Å²) < 4.78 is 0. The first kappa shape index (κ1) is 7.12. The normalized spacial score (nSPS) is 18.6. The first-order chi connectivity index (χ1) is 4.80. The van der Waals surface area contributed by atoms with E-state index >= 15 is 0 Å². The first-order valence-corrected chi connectivity index (χ1v) is 3.48. The Bertz CT molecular complexity index is 163. The van der Waals surface area contributed by atoms with Crippen molar-refractivity contribution in [3.8, 4) is 0 Å². The molecule has 2 N–H and O–H groups in total.